The molecule has 5 heteroatoms. The first-order chi connectivity index (χ1) is 21.1. The zero-order chi connectivity index (χ0) is 30.4. The summed E-state index contributed by atoms with van der Waals surface area (Å²) < 4.78 is 5.90. The van der Waals surface area contributed by atoms with Crippen LogP contribution in [0.5, 0.6) is 5.75 Å². The number of ether oxygens (including phenoxy) is 1. The Balaban J connectivity index is 1.90. The largest absolute Gasteiger partial charge is 0.494 e. The van der Waals surface area contributed by atoms with Gasteiger partial charge in [-0.1, -0.05) is 91.0 Å². The number of hydrogen-bond acceptors (Lipinski definition) is 5. The van der Waals surface area contributed by atoms with Crippen LogP contribution in [0, 0.1) is 22.7 Å². The Morgan fingerprint density at radius 2 is 1.19 bits per heavy atom. The zero-order valence-electron chi connectivity index (χ0n) is 24.6. The van der Waals surface area contributed by atoms with Gasteiger partial charge in [0.1, 0.15) is 23.5 Å². The highest BCUT2D eigenvalue weighted by atomic mass is 32.1. The van der Waals surface area contributed by atoms with Crippen LogP contribution in [0.4, 0.5) is 0 Å². The molecule has 2 N–H and O–H groups in total. The number of allylic oxidation sites excluding steroid dienone is 2. The van der Waals surface area contributed by atoms with E-state index in [1.165, 1.54) is 5.56 Å². The van der Waals surface area contributed by atoms with E-state index in [1.54, 1.807) is 0 Å². The number of aryl methyl sites for hydroxylation is 1. The fourth-order valence-electron chi connectivity index (χ4n) is 5.01. The summed E-state index contributed by atoms with van der Waals surface area (Å²) in [7, 11) is 0. The lowest BCUT2D eigenvalue weighted by molar-refractivity contribution is 0.313. The third-order valence-corrected chi connectivity index (χ3v) is 7.71. The van der Waals surface area contributed by atoms with E-state index in [0.717, 1.165) is 76.1 Å². The number of nitrogens with two attached hydrogens (primary N) is 1. The average Bonchev–Trinajstić information content (AvgIpc) is 3.06. The van der Waals surface area contributed by atoms with Gasteiger partial charge in [-0.25, -0.2) is 0 Å². The molecule has 0 heterocycles. The molecule has 0 aromatic heterocycles. The third kappa shape index (κ3) is 8.27. The first kappa shape index (κ1) is 31.4. The van der Waals surface area contributed by atoms with Crippen LogP contribution in [0.25, 0.3) is 16.7 Å². The number of nitriles is 2. The van der Waals surface area contributed by atoms with Crippen LogP contribution in [0.2, 0.25) is 0 Å². The van der Waals surface area contributed by atoms with Gasteiger partial charge in [0.2, 0.25) is 0 Å². The fraction of sp³-hybridized carbons (Fsp3) is 0.211. The molecule has 0 saturated heterocycles. The predicted octanol–water partition coefficient (Wildman–Crippen LogP) is 8.49. The molecule has 0 amide bonds. The molecule has 0 aliphatic carbocycles. The van der Waals surface area contributed by atoms with E-state index >= 15 is 0 Å². The van der Waals surface area contributed by atoms with Crippen LogP contribution in [0.1, 0.15) is 59.6 Å². The molecule has 0 atom stereocenters. The summed E-state index contributed by atoms with van der Waals surface area (Å²) in [6.07, 6.45) is 4.05. The van der Waals surface area contributed by atoms with E-state index < -0.39 is 0 Å². The smallest absolute Gasteiger partial charge is 0.133 e. The second-order valence-electron chi connectivity index (χ2n) is 10.3. The van der Waals surface area contributed by atoms with Crippen LogP contribution < -0.4 is 10.5 Å². The quantitative estimate of drug-likeness (QED) is 0.0715. The van der Waals surface area contributed by atoms with E-state index in [1.807, 2.05) is 49.4 Å². The number of rotatable bonds is 13. The second-order valence-corrected chi connectivity index (χ2v) is 10.8. The molecular weight excluding hydrogens is 547 g/mol. The Labute approximate surface area is 261 Å². The summed E-state index contributed by atoms with van der Waals surface area (Å²) in [5.74, 6) is 1.72. The van der Waals surface area contributed by atoms with E-state index in [-0.39, 0.29) is 5.57 Å². The highest BCUT2D eigenvalue weighted by Crippen LogP contribution is 2.38. The Morgan fingerprint density at radius 1 is 0.674 bits per heavy atom. The van der Waals surface area contributed by atoms with E-state index in [4.69, 9.17) is 10.5 Å². The van der Waals surface area contributed by atoms with Crippen molar-refractivity contribution in [2.24, 2.45) is 5.73 Å². The summed E-state index contributed by atoms with van der Waals surface area (Å²) in [5, 5.41) is 18.8. The lowest BCUT2D eigenvalue weighted by Crippen LogP contribution is -2.06. The average molecular weight is 584 g/mol. The van der Waals surface area contributed by atoms with Crippen molar-refractivity contribution in [3.8, 4) is 17.9 Å². The van der Waals surface area contributed by atoms with Crippen molar-refractivity contribution >= 4 is 29.3 Å². The van der Waals surface area contributed by atoms with Crippen LogP contribution in [0.15, 0.2) is 109 Å². The Morgan fingerprint density at radius 3 is 1.72 bits per heavy atom. The molecule has 0 aliphatic heterocycles. The molecule has 0 aliphatic rings. The Bertz CT molecular complexity index is 1550. The monoisotopic (exact) mass is 583 g/mol. The molecule has 0 bridgehead atoms. The molecule has 4 aromatic rings. The minimum atomic E-state index is 0.121. The molecule has 216 valence electrons. The topological polar surface area (TPSA) is 82.8 Å². The molecular formula is C38H37N3OS. The van der Waals surface area contributed by atoms with Crippen LogP contribution in [-0.4, -0.2) is 18.9 Å². The van der Waals surface area contributed by atoms with Crippen LogP contribution in [0.3, 0.4) is 0 Å². The maximum absolute atomic E-state index is 9.38. The van der Waals surface area contributed by atoms with Gasteiger partial charge in [-0.15, -0.1) is 0 Å². The van der Waals surface area contributed by atoms with Gasteiger partial charge in [-0.05, 0) is 107 Å². The lowest BCUT2D eigenvalue weighted by atomic mass is 9.85. The number of hydrogen-bond donors (Lipinski definition) is 2. The van der Waals surface area contributed by atoms with Gasteiger partial charge in [0.05, 0.1) is 6.61 Å². The van der Waals surface area contributed by atoms with Crippen molar-refractivity contribution in [3.63, 3.8) is 0 Å². The Hall–Kier alpha value is -4.55. The molecule has 0 unspecified atom stereocenters. The molecule has 4 aromatic carbocycles. The van der Waals surface area contributed by atoms with Crippen LogP contribution >= 0.6 is 12.6 Å². The van der Waals surface area contributed by atoms with Gasteiger partial charge in [-0.3, -0.25) is 0 Å². The van der Waals surface area contributed by atoms with Crippen molar-refractivity contribution in [1.29, 1.82) is 10.5 Å². The van der Waals surface area contributed by atoms with Gasteiger partial charge in [-0.2, -0.15) is 23.2 Å². The SMILES string of the molecule is CC(=C(C#N)C#N)c1ccc(/C(=C(/c2ccc(CCCCS)cc2)c2ccc(OCCCN)cc2)c2ccccc2)cc1. The summed E-state index contributed by atoms with van der Waals surface area (Å²) in [6, 6.07) is 39.7. The molecule has 4 rings (SSSR count). The predicted molar refractivity (Wildman–Crippen MR) is 181 cm³/mol. The lowest BCUT2D eigenvalue weighted by Gasteiger charge is -2.19. The van der Waals surface area contributed by atoms with Gasteiger partial charge in [0, 0.05) is 0 Å². The summed E-state index contributed by atoms with van der Waals surface area (Å²) in [6.45, 7) is 2.99. The van der Waals surface area contributed by atoms with Gasteiger partial charge < -0.3 is 10.5 Å². The van der Waals surface area contributed by atoms with E-state index in [0.29, 0.717) is 18.7 Å². The highest BCUT2D eigenvalue weighted by Gasteiger charge is 2.17. The minimum Gasteiger partial charge on any atom is -0.494 e. The second kappa shape index (κ2) is 16.2. The molecule has 0 spiro atoms. The number of thiol groups is 1. The van der Waals surface area contributed by atoms with E-state index in [9.17, 15) is 10.5 Å². The molecule has 0 saturated carbocycles. The van der Waals surface area contributed by atoms with Crippen molar-refractivity contribution in [3.05, 3.63) is 142 Å². The molecule has 43 heavy (non-hydrogen) atoms. The normalized spacial score (nSPS) is 11.2. The van der Waals surface area contributed by atoms with E-state index in [2.05, 4.69) is 85.4 Å². The highest BCUT2D eigenvalue weighted by molar-refractivity contribution is 7.80. The summed E-state index contributed by atoms with van der Waals surface area (Å²) in [4.78, 5) is 0. The Kier molecular flexibility index (Phi) is 11.8. The fourth-order valence-corrected chi connectivity index (χ4v) is 5.23. The molecule has 4 nitrogen and oxygen atoms in total. The number of nitrogens with zero attached hydrogens (tertiary/aromatic N) is 2. The maximum atomic E-state index is 9.38. The van der Waals surface area contributed by atoms with Crippen molar-refractivity contribution in [2.75, 3.05) is 18.9 Å². The van der Waals surface area contributed by atoms with Gasteiger partial charge in [0.25, 0.3) is 0 Å². The minimum absolute atomic E-state index is 0.121. The van der Waals surface area contributed by atoms with Crippen molar-refractivity contribution in [2.45, 2.75) is 32.6 Å². The molecule has 0 radical (unpaired) electrons. The third-order valence-electron chi connectivity index (χ3n) is 7.39. The first-order valence-electron chi connectivity index (χ1n) is 14.6. The standard InChI is InChI=1S/C38H37N3OS/c1-28(35(26-40)27-41)30-15-17-33(18-16-30)37(31-9-3-2-4-10-31)38(32-13-11-29(12-14-32)8-5-6-25-43)34-19-21-36(22-20-34)42-24-7-23-39/h2-4,9-22,43H,5-8,23-25,39H2,1H3/b38-37-. The summed E-state index contributed by atoms with van der Waals surface area (Å²) >= 11 is 4.36. The summed E-state index contributed by atoms with van der Waals surface area (Å²) in [5.41, 5.74) is 15.1. The number of benzene rings is 4. The van der Waals surface area contributed by atoms with Crippen LogP contribution in [-0.2, 0) is 6.42 Å². The first-order valence-corrected chi connectivity index (χ1v) is 15.3. The van der Waals surface area contributed by atoms with Crippen molar-refractivity contribution < 1.29 is 4.74 Å². The van der Waals surface area contributed by atoms with Gasteiger partial charge >= 0.3 is 0 Å². The zero-order valence-corrected chi connectivity index (χ0v) is 25.5. The molecule has 0 fully saturated rings. The van der Waals surface area contributed by atoms with Crippen molar-refractivity contribution in [1.82, 2.24) is 0 Å². The van der Waals surface area contributed by atoms with Gasteiger partial charge in [0.15, 0.2) is 0 Å². The number of unbranched alkanes of at least 4 members (excludes halogenated alkanes) is 1. The maximum Gasteiger partial charge on any atom is 0.133 e.